The molecule has 2 aliphatic heterocycles. The summed E-state index contributed by atoms with van der Waals surface area (Å²) >= 11 is 12.0. The minimum atomic E-state index is -1.26. The van der Waals surface area contributed by atoms with Gasteiger partial charge in [0.05, 0.1) is 22.6 Å². The van der Waals surface area contributed by atoms with Crippen LogP contribution in [0.25, 0.3) is 0 Å². The molecule has 0 bridgehead atoms. The Morgan fingerprint density at radius 1 is 1.00 bits per heavy atom. The smallest absolute Gasteiger partial charge is 0.328 e. The number of aliphatic hydroxyl groups excluding tert-OH is 1. The van der Waals surface area contributed by atoms with Crippen molar-refractivity contribution in [2.24, 2.45) is 0 Å². The number of carbonyl (C=O) groups excluding carboxylic acids is 1. The fourth-order valence-corrected chi connectivity index (χ4v) is 4.18. The minimum absolute atomic E-state index is 0.151. The normalized spacial score (nSPS) is 21.3. The number of likely N-dealkylation sites (tertiary alicyclic amines) is 2. The average Bonchev–Trinajstić information content (AvgIpc) is 3.14. The molecular weight excluding hydrogens is 459 g/mol. The maximum Gasteiger partial charge on any atom is 0.328 e. The van der Waals surface area contributed by atoms with Crippen molar-refractivity contribution in [3.8, 4) is 0 Å². The fourth-order valence-electron chi connectivity index (χ4n) is 3.86. The van der Waals surface area contributed by atoms with Crippen molar-refractivity contribution in [1.29, 1.82) is 0 Å². The third-order valence-electron chi connectivity index (χ3n) is 5.37. The van der Waals surface area contributed by atoms with E-state index in [2.05, 4.69) is 4.90 Å². The van der Waals surface area contributed by atoms with Gasteiger partial charge in [-0.3, -0.25) is 9.69 Å². The minimum Gasteiger partial charge on any atom is -0.478 e. The number of rotatable bonds is 6. The van der Waals surface area contributed by atoms with Crippen molar-refractivity contribution in [1.82, 2.24) is 9.80 Å². The summed E-state index contributed by atoms with van der Waals surface area (Å²) in [5.74, 6) is -2.36. The predicted octanol–water partition coefficient (Wildman–Crippen LogP) is 2.70. The van der Waals surface area contributed by atoms with Crippen LogP contribution in [0.2, 0.25) is 10.0 Å². The van der Waals surface area contributed by atoms with E-state index in [1.807, 2.05) is 11.0 Å². The molecule has 3 rings (SSSR count). The SMILES string of the molecule is O=C(Cc1ccc(Cl)c(Cl)c1)N1CCCCC1CN1CCC(O)C1.O=C(O)C=CC(=O)O. The maximum absolute atomic E-state index is 12.8. The van der Waals surface area contributed by atoms with Gasteiger partial charge in [0.1, 0.15) is 0 Å². The van der Waals surface area contributed by atoms with Crippen molar-refractivity contribution in [2.45, 2.75) is 44.2 Å². The molecule has 2 atom stereocenters. The van der Waals surface area contributed by atoms with Crippen LogP contribution < -0.4 is 0 Å². The number of halogens is 2. The van der Waals surface area contributed by atoms with Crippen LogP contribution in [0.15, 0.2) is 30.4 Å². The van der Waals surface area contributed by atoms with Crippen molar-refractivity contribution in [3.63, 3.8) is 0 Å². The van der Waals surface area contributed by atoms with Gasteiger partial charge in [-0.05, 0) is 43.4 Å². The molecule has 0 spiro atoms. The highest BCUT2D eigenvalue weighted by Crippen LogP contribution is 2.25. The zero-order valence-electron chi connectivity index (χ0n) is 17.6. The van der Waals surface area contributed by atoms with E-state index in [1.165, 1.54) is 0 Å². The molecule has 10 heteroatoms. The van der Waals surface area contributed by atoms with E-state index in [1.54, 1.807) is 12.1 Å². The molecule has 0 saturated carbocycles. The predicted molar refractivity (Wildman–Crippen MR) is 121 cm³/mol. The molecule has 3 N–H and O–H groups in total. The lowest BCUT2D eigenvalue weighted by atomic mass is 10.00. The number of carboxylic acids is 2. The number of carbonyl (C=O) groups is 3. The van der Waals surface area contributed by atoms with Crippen LogP contribution in [0.3, 0.4) is 0 Å². The van der Waals surface area contributed by atoms with Crippen molar-refractivity contribution >= 4 is 41.0 Å². The lowest BCUT2D eigenvalue weighted by molar-refractivity contribution is -0.134. The third-order valence-corrected chi connectivity index (χ3v) is 6.11. The standard InChI is InChI=1S/C18H24Cl2N2O2.C4H4O4/c19-16-5-4-13(9-17(16)20)10-18(24)22-7-2-1-3-14(22)11-21-8-6-15(23)12-21;5-3(6)1-2-4(7)8/h4-5,9,14-15,23H,1-3,6-8,10-12H2;1-2H,(H,5,6)(H,7,8). The Bertz CT molecular complexity index is 832. The van der Waals surface area contributed by atoms with Crippen LogP contribution >= 0.6 is 23.2 Å². The average molecular weight is 487 g/mol. The Balaban J connectivity index is 0.000000390. The number of piperidine rings is 1. The number of nitrogens with zero attached hydrogens (tertiary/aromatic N) is 2. The summed E-state index contributed by atoms with van der Waals surface area (Å²) in [7, 11) is 0. The molecule has 0 aromatic heterocycles. The van der Waals surface area contributed by atoms with Crippen LogP contribution in [0.1, 0.15) is 31.2 Å². The van der Waals surface area contributed by atoms with E-state index < -0.39 is 11.9 Å². The zero-order valence-corrected chi connectivity index (χ0v) is 19.1. The highest BCUT2D eigenvalue weighted by atomic mass is 35.5. The van der Waals surface area contributed by atoms with Crippen LogP contribution in [0.5, 0.6) is 0 Å². The summed E-state index contributed by atoms with van der Waals surface area (Å²) in [4.78, 5) is 36.2. The summed E-state index contributed by atoms with van der Waals surface area (Å²) in [6, 6.07) is 5.63. The number of β-amino-alcohol motifs (C(OH)–C–C–N with tert-alkyl or cyclic N) is 1. The second kappa shape index (κ2) is 12.8. The monoisotopic (exact) mass is 486 g/mol. The molecule has 2 heterocycles. The first-order chi connectivity index (χ1) is 15.2. The molecule has 32 heavy (non-hydrogen) atoms. The number of aliphatic hydroxyl groups is 1. The lowest BCUT2D eigenvalue weighted by Gasteiger charge is -2.38. The molecule has 2 saturated heterocycles. The van der Waals surface area contributed by atoms with Crippen LogP contribution in [0, 0.1) is 0 Å². The molecule has 8 nitrogen and oxygen atoms in total. The Labute approximate surface area is 197 Å². The van der Waals surface area contributed by atoms with Crippen LogP contribution in [0.4, 0.5) is 0 Å². The summed E-state index contributed by atoms with van der Waals surface area (Å²) < 4.78 is 0. The highest BCUT2D eigenvalue weighted by Gasteiger charge is 2.30. The van der Waals surface area contributed by atoms with Crippen molar-refractivity contribution in [2.75, 3.05) is 26.2 Å². The van der Waals surface area contributed by atoms with Crippen LogP contribution in [-0.2, 0) is 20.8 Å². The molecule has 0 aliphatic carbocycles. The lowest BCUT2D eigenvalue weighted by Crippen LogP contribution is -2.49. The van der Waals surface area contributed by atoms with Crippen molar-refractivity contribution in [3.05, 3.63) is 46.0 Å². The molecule has 1 aromatic rings. The quantitative estimate of drug-likeness (QED) is 0.528. The fraction of sp³-hybridized carbons (Fsp3) is 0.500. The van der Waals surface area contributed by atoms with E-state index in [0.717, 1.165) is 57.4 Å². The van der Waals surface area contributed by atoms with Gasteiger partial charge in [-0.25, -0.2) is 9.59 Å². The van der Waals surface area contributed by atoms with Gasteiger partial charge in [0.15, 0.2) is 0 Å². The second-order valence-electron chi connectivity index (χ2n) is 7.87. The van der Waals surface area contributed by atoms with E-state index >= 15 is 0 Å². The van der Waals surface area contributed by atoms with Gasteiger partial charge in [-0.1, -0.05) is 29.3 Å². The van der Waals surface area contributed by atoms with Gasteiger partial charge < -0.3 is 20.2 Å². The van der Waals surface area contributed by atoms with Gasteiger partial charge in [0, 0.05) is 44.4 Å². The molecule has 1 aromatic carbocycles. The van der Waals surface area contributed by atoms with Gasteiger partial charge in [-0.2, -0.15) is 0 Å². The van der Waals surface area contributed by atoms with Crippen LogP contribution in [-0.4, -0.2) is 81.3 Å². The Hall–Kier alpha value is -2.13. The Morgan fingerprint density at radius 3 is 2.25 bits per heavy atom. The Morgan fingerprint density at radius 2 is 1.69 bits per heavy atom. The topological polar surface area (TPSA) is 118 Å². The third kappa shape index (κ3) is 8.78. The first-order valence-electron chi connectivity index (χ1n) is 10.4. The largest absolute Gasteiger partial charge is 0.478 e. The first-order valence-corrected chi connectivity index (χ1v) is 11.2. The van der Waals surface area contributed by atoms with E-state index in [-0.39, 0.29) is 18.1 Å². The number of aliphatic carboxylic acids is 2. The summed E-state index contributed by atoms with van der Waals surface area (Å²) in [5, 5.41) is 26.3. The number of benzene rings is 1. The molecule has 2 unspecified atom stereocenters. The zero-order chi connectivity index (χ0) is 23.7. The summed E-state index contributed by atoms with van der Waals surface area (Å²) in [6.07, 6.45) is 5.36. The summed E-state index contributed by atoms with van der Waals surface area (Å²) in [6.45, 7) is 3.34. The van der Waals surface area contributed by atoms with E-state index in [4.69, 9.17) is 33.4 Å². The molecular formula is C22H28Cl2N2O6. The molecule has 1 amide bonds. The highest BCUT2D eigenvalue weighted by molar-refractivity contribution is 6.42. The molecule has 176 valence electrons. The second-order valence-corrected chi connectivity index (χ2v) is 8.69. The van der Waals surface area contributed by atoms with E-state index in [9.17, 15) is 19.5 Å². The number of amides is 1. The number of carboxylic acid groups (broad SMARTS) is 2. The maximum atomic E-state index is 12.8. The van der Waals surface area contributed by atoms with Gasteiger partial charge in [0.2, 0.25) is 5.91 Å². The first kappa shape index (κ1) is 26.1. The summed E-state index contributed by atoms with van der Waals surface area (Å²) in [5.41, 5.74) is 0.898. The molecule has 2 fully saturated rings. The molecule has 2 aliphatic rings. The Kier molecular flexibility index (Phi) is 10.4. The van der Waals surface area contributed by atoms with E-state index in [0.29, 0.717) is 28.6 Å². The van der Waals surface area contributed by atoms with Gasteiger partial charge >= 0.3 is 11.9 Å². The van der Waals surface area contributed by atoms with Crippen molar-refractivity contribution < 1.29 is 29.7 Å². The number of hydrogen-bond donors (Lipinski definition) is 3. The number of hydrogen-bond acceptors (Lipinski definition) is 5. The van der Waals surface area contributed by atoms with Gasteiger partial charge in [-0.15, -0.1) is 0 Å². The molecule has 0 radical (unpaired) electrons. The van der Waals surface area contributed by atoms with Gasteiger partial charge in [0.25, 0.3) is 0 Å².